The van der Waals surface area contributed by atoms with E-state index in [0.717, 1.165) is 0 Å². The molecule has 9 N–H and O–H groups in total. The second-order valence-electron chi connectivity index (χ2n) is 9.63. The Balaban J connectivity index is 3.18. The van der Waals surface area contributed by atoms with Gasteiger partial charge in [-0.25, -0.2) is 4.79 Å². The molecule has 0 aliphatic rings. The molecule has 0 saturated heterocycles. The van der Waals surface area contributed by atoms with Crippen molar-refractivity contribution in [1.82, 2.24) is 16.0 Å². The molecule has 6 unspecified atom stereocenters. The molecule has 1 rings (SSSR count). The highest BCUT2D eigenvalue weighted by molar-refractivity contribution is 5.94. The number of primary amides is 1. The number of carbonyl (C=O) groups excluding carboxylic acids is 4. The van der Waals surface area contributed by atoms with Gasteiger partial charge in [-0.3, -0.25) is 19.2 Å². The van der Waals surface area contributed by atoms with Crippen LogP contribution in [0.2, 0.25) is 0 Å². The van der Waals surface area contributed by atoms with E-state index >= 15 is 0 Å². The van der Waals surface area contributed by atoms with Crippen LogP contribution in [0.5, 0.6) is 5.75 Å². The number of hydrogen-bond donors (Lipinski definition) is 7. The molecule has 0 aliphatic carbocycles. The lowest BCUT2D eigenvalue weighted by Gasteiger charge is -2.28. The highest BCUT2D eigenvalue weighted by Gasteiger charge is 2.33. The average molecular weight is 536 g/mol. The van der Waals surface area contributed by atoms with Crippen molar-refractivity contribution in [3.05, 3.63) is 29.8 Å². The van der Waals surface area contributed by atoms with Gasteiger partial charge in [-0.15, -0.1) is 0 Å². The SMILES string of the molecule is CCC(C)C(NC(=O)C(Cc1ccc(O)cc1)NC(=O)C(NC(=O)C(N)CCC(N)=O)C(C)CC)C(=O)O. The summed E-state index contributed by atoms with van der Waals surface area (Å²) in [6.07, 6.45) is 0.936. The second-order valence-corrected chi connectivity index (χ2v) is 9.63. The lowest BCUT2D eigenvalue weighted by atomic mass is 9.96. The number of carboxylic acid groups (broad SMARTS) is 1. The second kappa shape index (κ2) is 15.6. The van der Waals surface area contributed by atoms with E-state index < -0.39 is 53.8 Å². The van der Waals surface area contributed by atoms with Crippen molar-refractivity contribution in [1.29, 1.82) is 0 Å². The van der Waals surface area contributed by atoms with Crippen molar-refractivity contribution in [2.75, 3.05) is 0 Å². The minimum absolute atomic E-state index is 0.00396. The summed E-state index contributed by atoms with van der Waals surface area (Å²) in [5, 5.41) is 27.0. The largest absolute Gasteiger partial charge is 0.508 e. The first-order valence-corrected chi connectivity index (χ1v) is 12.8. The van der Waals surface area contributed by atoms with Gasteiger partial charge in [0.2, 0.25) is 23.6 Å². The molecule has 1 aromatic carbocycles. The number of nitrogens with two attached hydrogens (primary N) is 2. The maximum absolute atomic E-state index is 13.4. The van der Waals surface area contributed by atoms with Crippen LogP contribution in [0.25, 0.3) is 0 Å². The van der Waals surface area contributed by atoms with Gasteiger partial charge in [0.1, 0.15) is 23.9 Å². The van der Waals surface area contributed by atoms with Crippen LogP contribution in [0.1, 0.15) is 58.9 Å². The Morgan fingerprint density at radius 1 is 0.842 bits per heavy atom. The summed E-state index contributed by atoms with van der Waals surface area (Å²) < 4.78 is 0. The molecule has 0 radical (unpaired) electrons. The van der Waals surface area contributed by atoms with Crippen molar-refractivity contribution >= 4 is 29.6 Å². The van der Waals surface area contributed by atoms with Gasteiger partial charge in [-0.05, 0) is 36.0 Å². The van der Waals surface area contributed by atoms with E-state index in [-0.39, 0.29) is 36.8 Å². The smallest absolute Gasteiger partial charge is 0.326 e. The van der Waals surface area contributed by atoms with Gasteiger partial charge in [-0.1, -0.05) is 52.7 Å². The number of aromatic hydroxyl groups is 1. The zero-order valence-electron chi connectivity index (χ0n) is 22.4. The van der Waals surface area contributed by atoms with Gasteiger partial charge in [0.25, 0.3) is 0 Å². The Hall–Kier alpha value is -3.67. The van der Waals surface area contributed by atoms with Crippen LogP contribution in [-0.2, 0) is 30.4 Å². The molecule has 12 nitrogen and oxygen atoms in total. The maximum atomic E-state index is 13.4. The quantitative estimate of drug-likeness (QED) is 0.154. The molecule has 0 saturated carbocycles. The van der Waals surface area contributed by atoms with E-state index in [1.165, 1.54) is 12.1 Å². The fraction of sp³-hybridized carbons (Fsp3) is 0.577. The molecule has 0 heterocycles. The maximum Gasteiger partial charge on any atom is 0.326 e. The lowest BCUT2D eigenvalue weighted by molar-refractivity contribution is -0.144. The summed E-state index contributed by atoms with van der Waals surface area (Å²) in [7, 11) is 0. The van der Waals surface area contributed by atoms with Gasteiger partial charge >= 0.3 is 5.97 Å². The number of nitrogens with one attached hydrogen (secondary N) is 3. The summed E-state index contributed by atoms with van der Waals surface area (Å²) >= 11 is 0. The predicted octanol–water partition coefficient (Wildman–Crippen LogP) is 0.159. The number of benzene rings is 1. The van der Waals surface area contributed by atoms with Gasteiger partial charge < -0.3 is 37.6 Å². The summed E-state index contributed by atoms with van der Waals surface area (Å²) in [4.78, 5) is 62.0. The van der Waals surface area contributed by atoms with Crippen LogP contribution in [0.4, 0.5) is 0 Å². The first kappa shape index (κ1) is 32.4. The number of carbonyl (C=O) groups is 5. The fourth-order valence-electron chi connectivity index (χ4n) is 3.67. The monoisotopic (exact) mass is 535 g/mol. The molecule has 0 aliphatic heterocycles. The van der Waals surface area contributed by atoms with Crippen molar-refractivity contribution in [2.45, 2.75) is 84.0 Å². The highest BCUT2D eigenvalue weighted by Crippen LogP contribution is 2.14. The van der Waals surface area contributed by atoms with Crippen LogP contribution >= 0.6 is 0 Å². The molecule has 4 amide bonds. The Morgan fingerprint density at radius 3 is 1.87 bits per heavy atom. The number of carboxylic acids is 1. The minimum atomic E-state index is -1.20. The van der Waals surface area contributed by atoms with E-state index in [9.17, 15) is 34.2 Å². The number of amides is 4. The molecule has 1 aromatic rings. The summed E-state index contributed by atoms with van der Waals surface area (Å²) in [5.74, 6) is -4.48. The summed E-state index contributed by atoms with van der Waals surface area (Å²) in [5.41, 5.74) is 11.6. The Kier molecular flexibility index (Phi) is 13.2. The van der Waals surface area contributed by atoms with Crippen LogP contribution < -0.4 is 27.4 Å². The van der Waals surface area contributed by atoms with Gasteiger partial charge in [0, 0.05) is 12.8 Å². The Morgan fingerprint density at radius 2 is 1.37 bits per heavy atom. The first-order chi connectivity index (χ1) is 17.8. The van der Waals surface area contributed by atoms with Crippen molar-refractivity contribution < 1.29 is 34.2 Å². The van der Waals surface area contributed by atoms with Gasteiger partial charge in [0.05, 0.1) is 6.04 Å². The van der Waals surface area contributed by atoms with Crippen LogP contribution in [0.3, 0.4) is 0 Å². The highest BCUT2D eigenvalue weighted by atomic mass is 16.4. The molecule has 0 spiro atoms. The van der Waals surface area contributed by atoms with E-state index in [1.54, 1.807) is 32.9 Å². The topological polar surface area (TPSA) is 214 Å². The van der Waals surface area contributed by atoms with Gasteiger partial charge in [0.15, 0.2) is 0 Å². The number of phenols is 1. The molecule has 0 fully saturated rings. The normalized spacial score (nSPS) is 15.7. The number of aliphatic carboxylic acids is 1. The number of hydrogen-bond acceptors (Lipinski definition) is 7. The summed E-state index contributed by atoms with van der Waals surface area (Å²) in [6.45, 7) is 7.07. The van der Waals surface area contributed by atoms with E-state index in [2.05, 4.69) is 16.0 Å². The third-order valence-corrected chi connectivity index (χ3v) is 6.62. The van der Waals surface area contributed by atoms with Crippen molar-refractivity contribution in [3.8, 4) is 5.75 Å². The van der Waals surface area contributed by atoms with Crippen molar-refractivity contribution in [2.24, 2.45) is 23.3 Å². The van der Waals surface area contributed by atoms with Crippen LogP contribution in [0.15, 0.2) is 24.3 Å². The fourth-order valence-corrected chi connectivity index (χ4v) is 3.67. The lowest BCUT2D eigenvalue weighted by Crippen LogP contribution is -2.59. The molecule has 0 bridgehead atoms. The minimum Gasteiger partial charge on any atom is -0.508 e. The Bertz CT molecular complexity index is 969. The first-order valence-electron chi connectivity index (χ1n) is 12.8. The molecule has 12 heteroatoms. The number of rotatable bonds is 16. The Labute approximate surface area is 222 Å². The zero-order chi connectivity index (χ0) is 29.0. The van der Waals surface area contributed by atoms with E-state index in [0.29, 0.717) is 18.4 Å². The third kappa shape index (κ3) is 10.4. The van der Waals surface area contributed by atoms with Crippen molar-refractivity contribution in [3.63, 3.8) is 0 Å². The molecule has 38 heavy (non-hydrogen) atoms. The van der Waals surface area contributed by atoms with Crippen LogP contribution in [-0.4, -0.2) is 64.0 Å². The molecular formula is C26H41N5O7. The summed E-state index contributed by atoms with van der Waals surface area (Å²) in [6, 6.07) is 1.57. The number of phenolic OH excluding ortho intramolecular Hbond substituents is 1. The molecule has 0 aromatic heterocycles. The van der Waals surface area contributed by atoms with Crippen LogP contribution in [0, 0.1) is 11.8 Å². The average Bonchev–Trinajstić information content (AvgIpc) is 2.88. The molecule has 6 atom stereocenters. The van der Waals surface area contributed by atoms with E-state index in [1.807, 2.05) is 6.92 Å². The molecular weight excluding hydrogens is 494 g/mol. The van der Waals surface area contributed by atoms with E-state index in [4.69, 9.17) is 11.5 Å². The standard InChI is InChI=1S/C26H41N5O7/c1-5-14(3)21(30-23(34)18(27)11-12-20(28)33)25(36)29-19(13-16-7-9-17(32)10-8-16)24(35)31-22(26(37)38)15(4)6-2/h7-10,14-15,18-19,21-22,32H,5-6,11-13,27H2,1-4H3,(H2,28,33)(H,29,36)(H,30,34)(H,31,35)(H,37,38). The molecule has 212 valence electrons. The zero-order valence-corrected chi connectivity index (χ0v) is 22.4. The predicted molar refractivity (Wildman–Crippen MR) is 141 cm³/mol. The third-order valence-electron chi connectivity index (χ3n) is 6.62. The van der Waals surface area contributed by atoms with Gasteiger partial charge in [-0.2, -0.15) is 0 Å².